The second kappa shape index (κ2) is 33.3. The lowest BCUT2D eigenvalue weighted by Gasteiger charge is -2.29. The van der Waals surface area contributed by atoms with Gasteiger partial charge in [-0.05, 0) is 246 Å². The molecule has 0 aliphatic rings. The molecule has 0 saturated carbocycles. The van der Waals surface area contributed by atoms with Crippen LogP contribution in [0.2, 0.25) is 0 Å². The third-order valence-corrected chi connectivity index (χ3v) is 30.9. The predicted molar refractivity (Wildman–Crippen MR) is 615 cm³/mol. The normalized spacial score (nSPS) is 12.2. The van der Waals surface area contributed by atoms with Gasteiger partial charge >= 0.3 is 0 Å². The second-order valence-electron chi connectivity index (χ2n) is 40.4. The van der Waals surface area contributed by atoms with Crippen LogP contribution in [-0.4, -0.2) is 9.13 Å². The van der Waals surface area contributed by atoms with Gasteiger partial charge in [0, 0.05) is 120 Å². The Morgan fingerprint density at radius 2 is 0.473 bits per heavy atom. The molecule has 10 heteroatoms. The van der Waals surface area contributed by atoms with Crippen LogP contribution in [0.1, 0.15) is 84.0 Å². The van der Waals surface area contributed by atoms with E-state index in [1.165, 1.54) is 11.1 Å². The van der Waals surface area contributed by atoms with E-state index in [1.54, 1.807) is 0 Å². The molecule has 6 heterocycles. The molecule has 0 amide bonds. The first-order valence-corrected chi connectivity index (χ1v) is 50.8. The van der Waals surface area contributed by atoms with Crippen LogP contribution in [0.4, 0.5) is 68.2 Å². The number of nitrogens with zero attached hydrogens (tertiary/aromatic N) is 6. The van der Waals surface area contributed by atoms with E-state index in [1.807, 2.05) is 0 Å². The van der Waals surface area contributed by atoms with Crippen molar-refractivity contribution in [2.75, 3.05) is 19.6 Å². The third-order valence-electron chi connectivity index (χ3n) is 30.9. The summed E-state index contributed by atoms with van der Waals surface area (Å²) in [6, 6.07) is 153. The second-order valence-corrected chi connectivity index (χ2v) is 40.4. The lowest BCUT2D eigenvalue weighted by molar-refractivity contribution is 0.657. The van der Waals surface area contributed by atoms with Crippen LogP contribution in [-0.2, 0) is 0 Å². The average molecular weight is 1880 g/mol. The topological polar surface area (TPSA) is 75.4 Å². The molecule has 0 bridgehead atoms. The third kappa shape index (κ3) is 13.0. The van der Waals surface area contributed by atoms with Gasteiger partial charge in [-0.15, -0.1) is 0 Å². The van der Waals surface area contributed by atoms with E-state index < -0.39 is 0 Å². The summed E-state index contributed by atoms with van der Waals surface area (Å²) >= 11 is 0. The van der Waals surface area contributed by atoms with Crippen molar-refractivity contribution in [3.63, 3.8) is 0 Å². The van der Waals surface area contributed by atoms with E-state index in [4.69, 9.17) is 17.7 Å². The Bertz CT molecular complexity index is 10100. The molecule has 0 aliphatic heterocycles. The van der Waals surface area contributed by atoms with Crippen LogP contribution in [0.3, 0.4) is 0 Å². The minimum absolute atomic E-state index is 0.208. The predicted octanol–water partition coefficient (Wildman–Crippen LogP) is 39.7. The average Bonchev–Trinajstić information content (AvgIpc) is 1.53. The van der Waals surface area contributed by atoms with E-state index >= 15 is 0 Å². The molecular weight excluding hydrogens is 1780 g/mol. The Morgan fingerprint density at radius 1 is 0.185 bits per heavy atom. The summed E-state index contributed by atoms with van der Waals surface area (Å²) in [4.78, 5) is 9.90. The van der Waals surface area contributed by atoms with Gasteiger partial charge < -0.3 is 46.4 Å². The molecule has 0 spiro atoms. The van der Waals surface area contributed by atoms with Crippen molar-refractivity contribution in [2.45, 2.75) is 81.1 Å². The Kier molecular flexibility index (Phi) is 19.5. The first-order valence-electron chi connectivity index (χ1n) is 50.8. The molecule has 0 aliphatic carbocycles. The number of fused-ring (bicyclic) bond motifs is 26. The van der Waals surface area contributed by atoms with E-state index in [-0.39, 0.29) is 11.8 Å². The zero-order valence-electron chi connectivity index (χ0n) is 82.7. The van der Waals surface area contributed by atoms with Crippen molar-refractivity contribution in [1.29, 1.82) is 0 Å². The number of para-hydroxylation sites is 11. The summed E-state index contributed by atoms with van der Waals surface area (Å²) < 4.78 is 34.7. The first kappa shape index (κ1) is 85.8. The van der Waals surface area contributed by atoms with Crippen molar-refractivity contribution in [2.24, 2.45) is 0 Å². The zero-order valence-corrected chi connectivity index (χ0v) is 82.7. The standard InChI is InChI=1S/C136H100N6O4/c1-79(2)93-53-29-57-104-108-61-33-67-115(135(108)145-131(93)104)141(111-63-22-14-37-83(111)7)119-77-121-127(101-52-21-18-49-97(101)119)128-110-74-88(69-70-98(110)120(78-124(128)137(121)89-42-12-11-13-43-89)142(112-64-23-15-38-84(112)8)116-68-34-62-109-105-58-30-54-94(80(3)4)132(105)146-136(109)116)87-41-28-46-92(73-87)140-122-75-117(138(90-44-24-35-81(5)71-90)113-65-31-59-106-102-55-26-39-85(9)129(102)143-133(106)113)95-47-16-19-50-99(95)125(122)126-100-51-20-17-48-96(100)118(76-123(126)140)139(91-45-25-36-82(6)72-91)114-66-32-60-107-103-56-27-40-86(10)130(103)144-134(107)114/h11-80H,1-10H3. The number of hydrogen-bond acceptors (Lipinski definition) is 8. The Hall–Kier alpha value is -18.1. The molecule has 10 nitrogen and oxygen atoms in total. The summed E-state index contributed by atoms with van der Waals surface area (Å²) in [6.45, 7) is 22.2. The maximum absolute atomic E-state index is 7.53. The molecule has 6 aromatic heterocycles. The van der Waals surface area contributed by atoms with Crippen molar-refractivity contribution < 1.29 is 17.7 Å². The number of aromatic nitrogens is 2. The first-order chi connectivity index (χ1) is 71.6. The van der Waals surface area contributed by atoms with Crippen molar-refractivity contribution in [1.82, 2.24) is 9.13 Å². The number of hydrogen-bond donors (Lipinski definition) is 0. The number of anilines is 12. The van der Waals surface area contributed by atoms with Gasteiger partial charge in [0.1, 0.15) is 22.3 Å². The fourth-order valence-corrected chi connectivity index (χ4v) is 24.2. The van der Waals surface area contributed by atoms with Gasteiger partial charge in [-0.2, -0.15) is 0 Å². The van der Waals surface area contributed by atoms with Crippen LogP contribution in [0.15, 0.2) is 430 Å². The monoisotopic (exact) mass is 1880 g/mol. The number of aryl methyl sites for hydroxylation is 6. The SMILES string of the molecule is Cc1cccc(N(c2cc3c(c4ccccc24)c2c4ccccc4c(N(c4cccc(C)c4)c4cccc5c4oc4c(C)cccc45)cc2n3-c2cccc(-c3ccc4c(N(c5ccccc5C)c5cccc6c5oc5c(C(C)C)cccc56)cc5c(c4c3)c3c4ccccc4c(N(c4ccccc4C)c4cccc6c4oc4c(C(C)C)cccc46)cc3n5-c3ccccc3)c2)c2cccc3c2oc2c(C)cccc23)c1. The molecular formula is C136H100N6O4. The summed E-state index contributed by atoms with van der Waals surface area (Å²) in [5, 5.41) is 21.7. The lowest BCUT2D eigenvalue weighted by Crippen LogP contribution is -2.12. The Balaban J connectivity index is 0.757. The summed E-state index contributed by atoms with van der Waals surface area (Å²) in [6.07, 6.45) is 0. The summed E-state index contributed by atoms with van der Waals surface area (Å²) in [5.74, 6) is 0.437. The number of rotatable bonds is 17. The van der Waals surface area contributed by atoms with E-state index in [0.29, 0.717) is 0 Å². The number of benzene rings is 22. The van der Waals surface area contributed by atoms with E-state index in [0.717, 1.165) is 299 Å². The highest BCUT2D eigenvalue weighted by Gasteiger charge is 2.35. The molecule has 146 heavy (non-hydrogen) atoms. The molecule has 0 fully saturated rings. The maximum Gasteiger partial charge on any atom is 0.159 e. The van der Waals surface area contributed by atoms with Gasteiger partial charge in [-0.1, -0.05) is 325 Å². The summed E-state index contributed by atoms with van der Waals surface area (Å²) in [7, 11) is 0. The quantitative estimate of drug-likeness (QED) is 0.0893. The van der Waals surface area contributed by atoms with E-state index in [2.05, 4.69) is 510 Å². The largest absolute Gasteiger partial charge is 0.454 e. The minimum Gasteiger partial charge on any atom is -0.454 e. The van der Waals surface area contributed by atoms with Gasteiger partial charge in [-0.3, -0.25) is 0 Å². The Labute approximate surface area is 843 Å². The highest BCUT2D eigenvalue weighted by atomic mass is 16.3. The van der Waals surface area contributed by atoms with Crippen molar-refractivity contribution in [3.05, 3.63) is 457 Å². The smallest absolute Gasteiger partial charge is 0.159 e. The maximum atomic E-state index is 7.53. The fraction of sp³-hybridized carbons (Fsp3) is 0.0882. The van der Waals surface area contributed by atoms with Crippen LogP contribution in [0.5, 0.6) is 0 Å². The zero-order chi connectivity index (χ0) is 97.9. The molecule has 0 unspecified atom stereocenters. The summed E-state index contributed by atoms with van der Waals surface area (Å²) in [5.41, 5.74) is 35.8. The fourth-order valence-electron chi connectivity index (χ4n) is 24.2. The van der Waals surface area contributed by atoms with E-state index in [9.17, 15) is 0 Å². The van der Waals surface area contributed by atoms with Gasteiger partial charge in [-0.25, -0.2) is 0 Å². The van der Waals surface area contributed by atoms with Crippen molar-refractivity contribution >= 4 is 243 Å². The molecule has 0 saturated heterocycles. The van der Waals surface area contributed by atoms with Crippen LogP contribution in [0.25, 0.3) is 197 Å². The number of furan rings is 4. The highest BCUT2D eigenvalue weighted by Crippen LogP contribution is 2.58. The van der Waals surface area contributed by atoms with Gasteiger partial charge in [0.05, 0.1) is 67.6 Å². The Morgan fingerprint density at radius 3 is 0.884 bits per heavy atom. The van der Waals surface area contributed by atoms with Crippen molar-refractivity contribution in [3.8, 4) is 22.5 Å². The molecule has 0 atom stereocenters. The molecule has 698 valence electrons. The minimum atomic E-state index is 0.208. The molecule has 28 rings (SSSR count). The molecule has 0 N–H and O–H groups in total. The molecule has 28 aromatic rings. The van der Waals surface area contributed by atoms with Gasteiger partial charge in [0.2, 0.25) is 0 Å². The van der Waals surface area contributed by atoms with Crippen LogP contribution >= 0.6 is 0 Å². The molecule has 0 radical (unpaired) electrons. The highest BCUT2D eigenvalue weighted by molar-refractivity contribution is 6.35. The molecule has 22 aromatic carbocycles. The van der Waals surface area contributed by atoms with Gasteiger partial charge in [0.15, 0.2) is 22.3 Å². The van der Waals surface area contributed by atoms with Crippen LogP contribution < -0.4 is 19.6 Å². The van der Waals surface area contributed by atoms with Gasteiger partial charge in [0.25, 0.3) is 0 Å². The van der Waals surface area contributed by atoms with Crippen LogP contribution in [0, 0.1) is 41.5 Å². The lowest BCUT2D eigenvalue weighted by atomic mass is 9.94.